The van der Waals surface area contributed by atoms with Crippen LogP contribution < -0.4 is 0 Å². The average Bonchev–Trinajstić information content (AvgIpc) is 2.98. The molecule has 0 saturated heterocycles. The highest BCUT2D eigenvalue weighted by Crippen LogP contribution is 2.10. The van der Waals surface area contributed by atoms with Crippen molar-refractivity contribution in [3.63, 3.8) is 0 Å². The molecule has 0 aliphatic carbocycles. The number of hydrogen-bond donors (Lipinski definition) is 0. The van der Waals surface area contributed by atoms with E-state index in [9.17, 15) is 5.26 Å². The van der Waals surface area contributed by atoms with E-state index in [0.717, 1.165) is 16.7 Å². The van der Waals surface area contributed by atoms with Gasteiger partial charge in [-0.05, 0) is 16.7 Å². The second-order valence-corrected chi connectivity index (χ2v) is 5.23. The zero-order chi connectivity index (χ0) is 16.1. The maximum atomic E-state index is 9.27. The van der Waals surface area contributed by atoms with E-state index in [4.69, 9.17) is 0 Å². The minimum absolute atomic E-state index is 0.337. The van der Waals surface area contributed by atoms with Crippen LogP contribution in [0.4, 0.5) is 0 Å². The molecule has 112 valence electrons. The lowest BCUT2D eigenvalue weighted by Crippen LogP contribution is -2.05. The van der Waals surface area contributed by atoms with Gasteiger partial charge in [-0.25, -0.2) is 9.67 Å². The van der Waals surface area contributed by atoms with E-state index in [1.54, 1.807) is 10.8 Å². The number of nitrogens with zero attached hydrogens (tertiary/aromatic N) is 4. The molecular weight excluding hydrogens is 284 g/mol. The molecule has 0 aliphatic rings. The molecule has 0 atom stereocenters. The van der Waals surface area contributed by atoms with Crippen LogP contribution in [-0.2, 0) is 13.0 Å². The van der Waals surface area contributed by atoms with Crippen LogP contribution in [0.3, 0.4) is 0 Å². The molecule has 0 amide bonds. The Kier molecular flexibility index (Phi) is 4.30. The Morgan fingerprint density at radius 1 is 1.04 bits per heavy atom. The van der Waals surface area contributed by atoms with E-state index in [0.29, 0.717) is 24.6 Å². The molecule has 4 nitrogen and oxygen atoms in total. The first-order valence-electron chi connectivity index (χ1n) is 7.37. The fourth-order valence-corrected chi connectivity index (χ4v) is 2.37. The third kappa shape index (κ3) is 3.53. The van der Waals surface area contributed by atoms with Crippen LogP contribution in [0.1, 0.15) is 28.3 Å². The largest absolute Gasteiger partial charge is 0.233 e. The van der Waals surface area contributed by atoms with Gasteiger partial charge >= 0.3 is 0 Å². The maximum Gasteiger partial charge on any atom is 0.231 e. The van der Waals surface area contributed by atoms with E-state index in [2.05, 4.69) is 22.7 Å². The van der Waals surface area contributed by atoms with E-state index in [1.807, 2.05) is 54.6 Å². The van der Waals surface area contributed by atoms with E-state index in [1.165, 1.54) is 0 Å². The third-order valence-corrected chi connectivity index (χ3v) is 3.57. The number of benzene rings is 2. The average molecular weight is 300 g/mol. The molecule has 0 N–H and O–H groups in total. The van der Waals surface area contributed by atoms with E-state index < -0.39 is 0 Å². The lowest BCUT2D eigenvalue weighted by molar-refractivity contribution is 0.666. The van der Waals surface area contributed by atoms with E-state index >= 15 is 0 Å². The first-order valence-corrected chi connectivity index (χ1v) is 7.37. The monoisotopic (exact) mass is 300 g/mol. The molecule has 0 fully saturated rings. The molecule has 0 spiro atoms. The number of hydrogen-bond acceptors (Lipinski definition) is 3. The highest BCUT2D eigenvalue weighted by molar-refractivity contribution is 5.47. The van der Waals surface area contributed by atoms with Crippen molar-refractivity contribution in [3.05, 3.63) is 89.5 Å². The van der Waals surface area contributed by atoms with Gasteiger partial charge in [-0.3, -0.25) is 0 Å². The number of nitriles is 1. The molecule has 1 heterocycles. The Labute approximate surface area is 135 Å². The quantitative estimate of drug-likeness (QED) is 0.725. The van der Waals surface area contributed by atoms with Gasteiger partial charge in [-0.15, -0.1) is 0 Å². The third-order valence-electron chi connectivity index (χ3n) is 3.57. The molecule has 4 heteroatoms. The van der Waals surface area contributed by atoms with Crippen LogP contribution in [-0.4, -0.2) is 14.8 Å². The first-order chi connectivity index (χ1) is 11.3. The Balaban J connectivity index is 1.81. The van der Waals surface area contributed by atoms with Crippen LogP contribution >= 0.6 is 0 Å². The van der Waals surface area contributed by atoms with Crippen molar-refractivity contribution in [1.82, 2.24) is 14.8 Å². The van der Waals surface area contributed by atoms with Gasteiger partial charge in [0.1, 0.15) is 6.07 Å². The summed E-state index contributed by atoms with van der Waals surface area (Å²) in [6.07, 6.45) is 2.43. The summed E-state index contributed by atoms with van der Waals surface area (Å²) < 4.78 is 1.65. The maximum absolute atomic E-state index is 9.27. The van der Waals surface area contributed by atoms with Gasteiger partial charge in [0.2, 0.25) is 5.82 Å². The molecule has 2 aromatic carbocycles. The van der Waals surface area contributed by atoms with Gasteiger partial charge in [0.05, 0.1) is 6.54 Å². The van der Waals surface area contributed by atoms with E-state index in [-0.39, 0.29) is 0 Å². The van der Waals surface area contributed by atoms with Crippen LogP contribution in [0.5, 0.6) is 0 Å². The molecule has 1 aromatic heterocycles. The molecular formula is C19H16N4. The smallest absolute Gasteiger partial charge is 0.231 e. The first kappa shape index (κ1) is 14.7. The summed E-state index contributed by atoms with van der Waals surface area (Å²) in [7, 11) is 0. The standard InChI is InChI=1S/C19H16N4/c1-2-15-8-10-17(11-9-15)14-23-19(13-20)21-18(22-23)12-16-6-4-3-5-7-16/h2-11H,1,12,14H2. The van der Waals surface area contributed by atoms with Gasteiger partial charge in [0.25, 0.3) is 0 Å². The second-order valence-electron chi connectivity index (χ2n) is 5.23. The summed E-state index contributed by atoms with van der Waals surface area (Å²) >= 11 is 0. The molecule has 3 aromatic rings. The highest BCUT2D eigenvalue weighted by Gasteiger charge is 2.10. The van der Waals surface area contributed by atoms with Crippen LogP contribution in [0.25, 0.3) is 6.08 Å². The fourth-order valence-electron chi connectivity index (χ4n) is 2.37. The topological polar surface area (TPSA) is 54.5 Å². The molecule has 0 bridgehead atoms. The molecule has 0 saturated carbocycles. The Morgan fingerprint density at radius 2 is 1.78 bits per heavy atom. The lowest BCUT2D eigenvalue weighted by Gasteiger charge is -2.03. The summed E-state index contributed by atoms with van der Waals surface area (Å²) in [6.45, 7) is 4.27. The summed E-state index contributed by atoms with van der Waals surface area (Å²) in [6, 6.07) is 20.1. The summed E-state index contributed by atoms with van der Waals surface area (Å²) in [5.74, 6) is 0.999. The van der Waals surface area contributed by atoms with Crippen molar-refractivity contribution in [1.29, 1.82) is 5.26 Å². The minimum Gasteiger partial charge on any atom is -0.233 e. The molecule has 3 rings (SSSR count). The Hall–Kier alpha value is -3.19. The van der Waals surface area contributed by atoms with Crippen molar-refractivity contribution in [2.45, 2.75) is 13.0 Å². The summed E-state index contributed by atoms with van der Waals surface area (Å²) in [4.78, 5) is 4.33. The number of rotatable bonds is 5. The Bertz CT molecular complexity index is 839. The van der Waals surface area contributed by atoms with Gasteiger partial charge in [-0.1, -0.05) is 67.3 Å². The van der Waals surface area contributed by atoms with Crippen LogP contribution in [0.15, 0.2) is 61.2 Å². The normalized spacial score (nSPS) is 10.2. The molecule has 0 unspecified atom stereocenters. The van der Waals surface area contributed by atoms with Gasteiger partial charge in [-0.2, -0.15) is 10.4 Å². The fraction of sp³-hybridized carbons (Fsp3) is 0.105. The minimum atomic E-state index is 0.337. The van der Waals surface area contributed by atoms with Crippen molar-refractivity contribution in [3.8, 4) is 6.07 Å². The van der Waals surface area contributed by atoms with Crippen LogP contribution in [0.2, 0.25) is 0 Å². The number of aromatic nitrogens is 3. The van der Waals surface area contributed by atoms with Crippen molar-refractivity contribution in [2.24, 2.45) is 0 Å². The Morgan fingerprint density at radius 3 is 2.43 bits per heavy atom. The molecule has 0 aliphatic heterocycles. The molecule has 0 radical (unpaired) electrons. The summed E-state index contributed by atoms with van der Waals surface area (Å²) in [5, 5.41) is 13.7. The van der Waals surface area contributed by atoms with Gasteiger partial charge in [0.15, 0.2) is 5.82 Å². The van der Waals surface area contributed by atoms with Crippen molar-refractivity contribution >= 4 is 6.08 Å². The predicted molar refractivity (Wildman–Crippen MR) is 89.6 cm³/mol. The SMILES string of the molecule is C=Cc1ccc(Cn2nc(Cc3ccccc3)nc2C#N)cc1. The second kappa shape index (κ2) is 6.71. The van der Waals surface area contributed by atoms with Crippen molar-refractivity contribution < 1.29 is 0 Å². The van der Waals surface area contributed by atoms with Crippen molar-refractivity contribution in [2.75, 3.05) is 0 Å². The zero-order valence-electron chi connectivity index (χ0n) is 12.7. The van der Waals surface area contributed by atoms with Gasteiger partial charge < -0.3 is 0 Å². The highest BCUT2D eigenvalue weighted by atomic mass is 15.3. The summed E-state index contributed by atoms with van der Waals surface area (Å²) in [5.41, 5.74) is 3.27. The van der Waals surface area contributed by atoms with Crippen LogP contribution in [0, 0.1) is 11.3 Å². The van der Waals surface area contributed by atoms with Gasteiger partial charge in [0, 0.05) is 6.42 Å². The molecule has 23 heavy (non-hydrogen) atoms. The predicted octanol–water partition coefficient (Wildman–Crippen LogP) is 3.43. The lowest BCUT2D eigenvalue weighted by atomic mass is 10.1. The zero-order valence-corrected chi connectivity index (χ0v) is 12.7.